The highest BCUT2D eigenvalue weighted by Gasteiger charge is 2.36. The Balaban J connectivity index is 1.73. The molecule has 0 bridgehead atoms. The van der Waals surface area contributed by atoms with E-state index in [9.17, 15) is 24.4 Å². The van der Waals surface area contributed by atoms with Crippen molar-refractivity contribution in [1.82, 2.24) is 10.2 Å². The predicted molar refractivity (Wildman–Crippen MR) is 117 cm³/mol. The average Bonchev–Trinajstić information content (AvgIpc) is 3.06. The molecule has 1 aliphatic heterocycles. The summed E-state index contributed by atoms with van der Waals surface area (Å²) in [6.07, 6.45) is 2.84. The predicted octanol–water partition coefficient (Wildman–Crippen LogP) is 2.11. The van der Waals surface area contributed by atoms with Crippen LogP contribution in [0.4, 0.5) is 0 Å². The van der Waals surface area contributed by atoms with Gasteiger partial charge in [0.25, 0.3) is 17.7 Å². The first kappa shape index (κ1) is 23.0. The third-order valence-corrected chi connectivity index (χ3v) is 4.66. The number of hydrogen-bond acceptors (Lipinski definition) is 7. The topological polar surface area (TPSA) is 126 Å². The number of esters is 1. The van der Waals surface area contributed by atoms with Crippen molar-refractivity contribution in [2.45, 2.75) is 0 Å². The lowest BCUT2D eigenvalue weighted by Gasteiger charge is -2.14. The van der Waals surface area contributed by atoms with Gasteiger partial charge in [-0.3, -0.25) is 19.3 Å². The zero-order valence-electron chi connectivity index (χ0n) is 17.7. The van der Waals surface area contributed by atoms with Gasteiger partial charge >= 0.3 is 5.97 Å². The Morgan fingerprint density at radius 3 is 2.36 bits per heavy atom. The van der Waals surface area contributed by atoms with Crippen molar-refractivity contribution < 1.29 is 28.7 Å². The molecule has 0 atom stereocenters. The highest BCUT2D eigenvalue weighted by atomic mass is 16.6. The minimum absolute atomic E-state index is 0.0471. The maximum Gasteiger partial charge on any atom is 0.331 e. The number of rotatable bonds is 8. The first-order chi connectivity index (χ1) is 15.9. The molecule has 0 aromatic heterocycles. The van der Waals surface area contributed by atoms with Crippen LogP contribution in [0.25, 0.3) is 6.08 Å². The number of ether oxygens (including phenoxy) is 2. The molecule has 0 saturated heterocycles. The summed E-state index contributed by atoms with van der Waals surface area (Å²) in [4.78, 5) is 50.1. The van der Waals surface area contributed by atoms with Crippen molar-refractivity contribution in [1.29, 1.82) is 5.26 Å². The third-order valence-electron chi connectivity index (χ3n) is 4.66. The first-order valence-corrected chi connectivity index (χ1v) is 9.74. The van der Waals surface area contributed by atoms with Crippen molar-refractivity contribution >= 4 is 29.8 Å². The first-order valence-electron chi connectivity index (χ1n) is 9.74. The number of carbonyl (C=O) groups is 4. The number of methoxy groups -OCH3 is 1. The van der Waals surface area contributed by atoms with E-state index in [1.54, 1.807) is 12.1 Å². The van der Waals surface area contributed by atoms with Gasteiger partial charge in [-0.2, -0.15) is 5.26 Å². The number of nitriles is 1. The highest BCUT2D eigenvalue weighted by molar-refractivity contribution is 6.22. The lowest BCUT2D eigenvalue weighted by Crippen LogP contribution is -2.36. The second kappa shape index (κ2) is 10.1. The Morgan fingerprint density at radius 1 is 1.12 bits per heavy atom. The summed E-state index contributed by atoms with van der Waals surface area (Å²) in [6.45, 7) is 3.13. The second-order valence-corrected chi connectivity index (χ2v) is 6.79. The van der Waals surface area contributed by atoms with E-state index in [0.717, 1.165) is 4.90 Å². The van der Waals surface area contributed by atoms with Crippen LogP contribution in [0.2, 0.25) is 0 Å². The van der Waals surface area contributed by atoms with Crippen molar-refractivity contribution in [3.63, 3.8) is 0 Å². The number of nitrogens with one attached hydrogen (secondary N) is 1. The van der Waals surface area contributed by atoms with Crippen LogP contribution in [0, 0.1) is 11.3 Å². The molecule has 9 heteroatoms. The van der Waals surface area contributed by atoms with Gasteiger partial charge in [0, 0.05) is 6.54 Å². The quantitative estimate of drug-likeness (QED) is 0.165. The summed E-state index contributed by atoms with van der Waals surface area (Å²) < 4.78 is 10.5. The Hall–Kier alpha value is -4.71. The molecule has 0 saturated carbocycles. The zero-order valence-corrected chi connectivity index (χ0v) is 17.7. The van der Waals surface area contributed by atoms with Crippen LogP contribution in [-0.4, -0.2) is 48.8 Å². The molecule has 2 aromatic carbocycles. The molecule has 9 nitrogen and oxygen atoms in total. The van der Waals surface area contributed by atoms with E-state index in [0.29, 0.717) is 5.56 Å². The van der Waals surface area contributed by atoms with Gasteiger partial charge in [-0.1, -0.05) is 24.3 Å². The molecule has 33 heavy (non-hydrogen) atoms. The summed E-state index contributed by atoms with van der Waals surface area (Å²) in [5.41, 5.74) is 0.787. The van der Waals surface area contributed by atoms with Crippen LogP contribution in [-0.2, 0) is 9.59 Å². The zero-order chi connectivity index (χ0) is 24.0. The number of nitrogens with zero attached hydrogens (tertiary/aromatic N) is 2. The SMILES string of the molecule is C=CCNC(=O)C(C#N)=Cc1ccc(OC(=O)CN2C(=O)c3ccccc3C2=O)c(OC)c1. The number of hydrogen-bond donors (Lipinski definition) is 1. The summed E-state index contributed by atoms with van der Waals surface area (Å²) in [5, 5.41) is 11.7. The van der Waals surface area contributed by atoms with Crippen molar-refractivity contribution in [3.05, 3.63) is 77.4 Å². The number of carbonyl (C=O) groups excluding carboxylic acids is 4. The van der Waals surface area contributed by atoms with Gasteiger partial charge in [0.15, 0.2) is 11.5 Å². The van der Waals surface area contributed by atoms with Gasteiger partial charge in [0.2, 0.25) is 0 Å². The fourth-order valence-corrected chi connectivity index (χ4v) is 3.10. The fourth-order valence-electron chi connectivity index (χ4n) is 3.10. The minimum Gasteiger partial charge on any atom is -0.493 e. The summed E-state index contributed by atoms with van der Waals surface area (Å²) in [7, 11) is 1.35. The maximum atomic E-state index is 12.4. The lowest BCUT2D eigenvalue weighted by atomic mass is 10.1. The molecule has 0 radical (unpaired) electrons. The van der Waals surface area contributed by atoms with Gasteiger partial charge in [-0.25, -0.2) is 4.79 Å². The molecular weight excluding hydrogens is 426 g/mol. The summed E-state index contributed by atoms with van der Waals surface area (Å²) in [6, 6.07) is 12.5. The van der Waals surface area contributed by atoms with E-state index in [1.807, 2.05) is 6.07 Å². The van der Waals surface area contributed by atoms with Crippen LogP contribution in [0.5, 0.6) is 11.5 Å². The molecule has 0 fully saturated rings. The fraction of sp³-hybridized carbons (Fsp3) is 0.125. The molecule has 0 spiro atoms. The monoisotopic (exact) mass is 445 g/mol. The molecule has 1 heterocycles. The van der Waals surface area contributed by atoms with Gasteiger partial charge < -0.3 is 14.8 Å². The number of amides is 3. The number of benzene rings is 2. The van der Waals surface area contributed by atoms with Crippen molar-refractivity contribution in [2.24, 2.45) is 0 Å². The van der Waals surface area contributed by atoms with Crippen molar-refractivity contribution in [3.8, 4) is 17.6 Å². The second-order valence-electron chi connectivity index (χ2n) is 6.79. The number of fused-ring (bicyclic) bond motifs is 1. The maximum absolute atomic E-state index is 12.4. The molecule has 2 aromatic rings. The van der Waals surface area contributed by atoms with Crippen LogP contribution in [0.3, 0.4) is 0 Å². The Labute approximate surface area is 189 Å². The van der Waals surface area contributed by atoms with E-state index in [-0.39, 0.29) is 34.7 Å². The molecule has 3 rings (SSSR count). The molecule has 3 amide bonds. The average molecular weight is 445 g/mol. The molecule has 0 unspecified atom stereocenters. The largest absolute Gasteiger partial charge is 0.493 e. The molecule has 0 aliphatic carbocycles. The van der Waals surface area contributed by atoms with Gasteiger partial charge in [-0.15, -0.1) is 6.58 Å². The Bertz CT molecular complexity index is 1190. The Morgan fingerprint density at radius 2 is 1.79 bits per heavy atom. The van der Waals surface area contributed by atoms with Crippen LogP contribution in [0.15, 0.2) is 60.7 Å². The summed E-state index contributed by atoms with van der Waals surface area (Å²) in [5.74, 6) is -2.34. The third kappa shape index (κ3) is 4.97. The van der Waals surface area contributed by atoms with E-state index < -0.39 is 30.2 Å². The van der Waals surface area contributed by atoms with E-state index in [1.165, 1.54) is 49.6 Å². The number of imide groups is 1. The smallest absolute Gasteiger partial charge is 0.331 e. The van der Waals surface area contributed by atoms with Gasteiger partial charge in [0.05, 0.1) is 18.2 Å². The standard InChI is InChI=1S/C24H19N3O6/c1-3-10-26-22(29)16(13-25)11-15-8-9-19(20(12-15)32-2)33-21(28)14-27-23(30)17-6-4-5-7-18(17)24(27)31/h3-9,11-12H,1,10,14H2,2H3,(H,26,29). The highest BCUT2D eigenvalue weighted by Crippen LogP contribution is 2.29. The van der Waals surface area contributed by atoms with Gasteiger partial charge in [-0.05, 0) is 35.9 Å². The van der Waals surface area contributed by atoms with Crippen LogP contribution in [0.1, 0.15) is 26.3 Å². The lowest BCUT2D eigenvalue weighted by molar-refractivity contribution is -0.134. The van der Waals surface area contributed by atoms with Crippen molar-refractivity contribution in [2.75, 3.05) is 20.2 Å². The van der Waals surface area contributed by atoms with Crippen LogP contribution < -0.4 is 14.8 Å². The van der Waals surface area contributed by atoms with E-state index >= 15 is 0 Å². The normalized spacial score (nSPS) is 12.6. The molecule has 1 aliphatic rings. The minimum atomic E-state index is -0.840. The van der Waals surface area contributed by atoms with Gasteiger partial charge in [0.1, 0.15) is 18.2 Å². The van der Waals surface area contributed by atoms with E-state index in [4.69, 9.17) is 9.47 Å². The summed E-state index contributed by atoms with van der Waals surface area (Å²) >= 11 is 0. The molecular formula is C24H19N3O6. The Kier molecular flexibility index (Phi) is 7.00. The van der Waals surface area contributed by atoms with E-state index in [2.05, 4.69) is 11.9 Å². The van der Waals surface area contributed by atoms with Crippen LogP contribution >= 0.6 is 0 Å². The molecule has 166 valence electrons. The molecule has 1 N–H and O–H groups in total.